The van der Waals surface area contributed by atoms with Crippen LogP contribution >= 0.6 is 12.2 Å². The molecule has 2 aromatic carbocycles. The van der Waals surface area contributed by atoms with Crippen LogP contribution in [0.3, 0.4) is 0 Å². The Labute approximate surface area is 141 Å². The van der Waals surface area contributed by atoms with Crippen LogP contribution in [0.1, 0.15) is 12.5 Å². The Kier molecular flexibility index (Phi) is 4.63. The average molecular weight is 325 g/mol. The summed E-state index contributed by atoms with van der Waals surface area (Å²) in [5.41, 5.74) is 3.13. The molecule has 0 aliphatic heterocycles. The monoisotopic (exact) mass is 325 g/mol. The number of ether oxygens (including phenoxy) is 1. The maximum Gasteiger partial charge on any atom is 0.138 e. The first kappa shape index (κ1) is 15.6. The first-order chi connectivity index (χ1) is 11.2. The Morgan fingerprint density at radius 3 is 2.65 bits per heavy atom. The number of fused-ring (bicyclic) bond motifs is 1. The molecule has 0 aliphatic rings. The van der Waals surface area contributed by atoms with E-state index in [1.54, 1.807) is 7.11 Å². The molecule has 3 aromatic rings. The van der Waals surface area contributed by atoms with Gasteiger partial charge in [-0.1, -0.05) is 42.5 Å². The highest BCUT2D eigenvalue weighted by Crippen LogP contribution is 2.35. The lowest BCUT2D eigenvalue weighted by molar-refractivity contribution is 0.415. The van der Waals surface area contributed by atoms with Crippen molar-refractivity contribution in [1.29, 1.82) is 0 Å². The summed E-state index contributed by atoms with van der Waals surface area (Å²) in [4.78, 5) is 0.802. The van der Waals surface area contributed by atoms with Gasteiger partial charge in [0.15, 0.2) is 0 Å². The first-order valence-electron chi connectivity index (χ1n) is 7.58. The summed E-state index contributed by atoms with van der Waals surface area (Å²) in [6, 6.07) is 16.1. The minimum atomic E-state index is 0.779. The van der Waals surface area contributed by atoms with Crippen LogP contribution in [0.4, 0.5) is 0 Å². The number of thiocarbonyl (C=S) groups is 1. The molecule has 0 radical (unpaired) electrons. The molecule has 1 N–H and O–H groups in total. The fraction of sp³-hybridized carbons (Fsp3) is 0.211. The summed E-state index contributed by atoms with van der Waals surface area (Å²) in [5.74, 6) is 1.75. The van der Waals surface area contributed by atoms with Crippen molar-refractivity contribution in [2.45, 2.75) is 13.3 Å². The van der Waals surface area contributed by atoms with Crippen molar-refractivity contribution in [3.8, 4) is 17.1 Å². The van der Waals surface area contributed by atoms with Gasteiger partial charge in [-0.2, -0.15) is 0 Å². The van der Waals surface area contributed by atoms with E-state index >= 15 is 0 Å². The highest BCUT2D eigenvalue weighted by atomic mass is 32.1. The molecule has 1 heterocycles. The van der Waals surface area contributed by atoms with E-state index in [0.29, 0.717) is 0 Å². The van der Waals surface area contributed by atoms with Crippen LogP contribution in [0.2, 0.25) is 0 Å². The molecule has 0 atom stereocenters. The van der Waals surface area contributed by atoms with Gasteiger partial charge in [0.1, 0.15) is 17.1 Å². The van der Waals surface area contributed by atoms with Crippen molar-refractivity contribution in [2.24, 2.45) is 0 Å². The summed E-state index contributed by atoms with van der Waals surface area (Å²) < 4.78 is 11.5. The molecule has 3 rings (SSSR count). The highest BCUT2D eigenvalue weighted by Gasteiger charge is 2.16. The normalized spacial score (nSPS) is 10.7. The second-order valence-electron chi connectivity index (χ2n) is 5.37. The van der Waals surface area contributed by atoms with Crippen molar-refractivity contribution in [1.82, 2.24) is 5.32 Å². The third-order valence-electron chi connectivity index (χ3n) is 3.78. The van der Waals surface area contributed by atoms with Gasteiger partial charge in [0.25, 0.3) is 0 Å². The molecule has 0 unspecified atom stereocenters. The van der Waals surface area contributed by atoms with Crippen LogP contribution in [0.15, 0.2) is 52.9 Å². The second-order valence-corrected chi connectivity index (χ2v) is 5.98. The topological polar surface area (TPSA) is 34.4 Å². The summed E-state index contributed by atoms with van der Waals surface area (Å²) in [5, 5.41) is 4.30. The minimum absolute atomic E-state index is 0.779. The van der Waals surface area contributed by atoms with Gasteiger partial charge >= 0.3 is 0 Å². The second kappa shape index (κ2) is 6.84. The molecule has 3 nitrogen and oxygen atoms in total. The number of furan rings is 1. The van der Waals surface area contributed by atoms with Gasteiger partial charge in [0.2, 0.25) is 0 Å². The van der Waals surface area contributed by atoms with Gasteiger partial charge in [-0.25, -0.2) is 0 Å². The lowest BCUT2D eigenvalue weighted by Crippen LogP contribution is -2.20. The van der Waals surface area contributed by atoms with E-state index in [2.05, 4.69) is 17.4 Å². The van der Waals surface area contributed by atoms with E-state index in [1.807, 2.05) is 43.3 Å². The predicted octanol–water partition coefficient (Wildman–Crippen LogP) is 4.59. The number of rotatable bonds is 5. The summed E-state index contributed by atoms with van der Waals surface area (Å²) in [6.45, 7) is 2.67. The lowest BCUT2D eigenvalue weighted by Gasteiger charge is -2.06. The van der Waals surface area contributed by atoms with Gasteiger partial charge < -0.3 is 14.5 Å². The van der Waals surface area contributed by atoms with E-state index < -0.39 is 0 Å². The Hall–Kier alpha value is -2.33. The number of nitrogens with one attached hydrogen (secondary N) is 1. The molecule has 0 saturated carbocycles. The molecule has 0 saturated heterocycles. The zero-order valence-electron chi connectivity index (χ0n) is 13.3. The molecule has 0 spiro atoms. The minimum Gasteiger partial charge on any atom is -0.497 e. The summed E-state index contributed by atoms with van der Waals surface area (Å²) in [6.07, 6.45) is 0.832. The van der Waals surface area contributed by atoms with Crippen molar-refractivity contribution < 1.29 is 9.15 Å². The van der Waals surface area contributed by atoms with Crippen molar-refractivity contribution in [3.63, 3.8) is 0 Å². The van der Waals surface area contributed by atoms with Crippen molar-refractivity contribution in [3.05, 3.63) is 54.1 Å². The Morgan fingerprint density at radius 1 is 1.17 bits per heavy atom. The van der Waals surface area contributed by atoms with Crippen LogP contribution < -0.4 is 10.1 Å². The zero-order chi connectivity index (χ0) is 16.2. The van der Waals surface area contributed by atoms with E-state index in [9.17, 15) is 0 Å². The fourth-order valence-corrected chi connectivity index (χ4v) is 2.79. The van der Waals surface area contributed by atoms with Crippen LogP contribution in [0.5, 0.6) is 5.75 Å². The molecule has 0 aliphatic carbocycles. The van der Waals surface area contributed by atoms with E-state index in [4.69, 9.17) is 21.4 Å². The van der Waals surface area contributed by atoms with Gasteiger partial charge in [-0.15, -0.1) is 0 Å². The standard InChI is InChI=1S/C19H19NO2S/c1-13(23)20-11-10-16-17-12-15(21-2)8-9-18(17)22-19(16)14-6-4-3-5-7-14/h3-9,12H,10-11H2,1-2H3,(H,20,23). The van der Waals surface area contributed by atoms with Gasteiger partial charge in [-0.05, 0) is 31.5 Å². The Morgan fingerprint density at radius 2 is 1.96 bits per heavy atom. The molecule has 118 valence electrons. The third-order valence-corrected chi connectivity index (χ3v) is 3.93. The number of methoxy groups -OCH3 is 1. The van der Waals surface area contributed by atoms with Crippen molar-refractivity contribution >= 4 is 28.2 Å². The third kappa shape index (κ3) is 3.37. The van der Waals surface area contributed by atoms with Gasteiger partial charge in [0, 0.05) is 23.1 Å². The molecule has 1 aromatic heterocycles. The average Bonchev–Trinajstić information content (AvgIpc) is 2.93. The first-order valence-corrected chi connectivity index (χ1v) is 7.99. The SMILES string of the molecule is COc1ccc2oc(-c3ccccc3)c(CCNC(C)=S)c2c1. The summed E-state index contributed by atoms with van der Waals surface area (Å²) in [7, 11) is 1.68. The molecular formula is C19H19NO2S. The zero-order valence-corrected chi connectivity index (χ0v) is 14.1. The molecule has 23 heavy (non-hydrogen) atoms. The quantitative estimate of drug-likeness (QED) is 0.696. The van der Waals surface area contributed by atoms with E-state index in [0.717, 1.165) is 46.0 Å². The molecular weight excluding hydrogens is 306 g/mol. The number of hydrogen-bond donors (Lipinski definition) is 1. The molecule has 0 bridgehead atoms. The van der Waals surface area contributed by atoms with Crippen molar-refractivity contribution in [2.75, 3.05) is 13.7 Å². The Balaban J connectivity index is 2.08. The Bertz CT molecular complexity index is 824. The maximum atomic E-state index is 6.13. The van der Waals surface area contributed by atoms with Crippen LogP contribution in [-0.4, -0.2) is 18.6 Å². The fourth-order valence-electron chi connectivity index (χ4n) is 2.69. The lowest BCUT2D eigenvalue weighted by atomic mass is 10.0. The summed E-state index contributed by atoms with van der Waals surface area (Å²) >= 11 is 5.10. The van der Waals surface area contributed by atoms with Crippen LogP contribution in [-0.2, 0) is 6.42 Å². The van der Waals surface area contributed by atoms with Crippen LogP contribution in [0, 0.1) is 0 Å². The number of benzene rings is 2. The highest BCUT2D eigenvalue weighted by molar-refractivity contribution is 7.80. The van der Waals surface area contributed by atoms with E-state index in [-0.39, 0.29) is 0 Å². The predicted molar refractivity (Wildman–Crippen MR) is 98.2 cm³/mol. The largest absolute Gasteiger partial charge is 0.497 e. The number of hydrogen-bond acceptors (Lipinski definition) is 3. The van der Waals surface area contributed by atoms with Crippen LogP contribution in [0.25, 0.3) is 22.3 Å². The molecule has 0 amide bonds. The van der Waals surface area contributed by atoms with Gasteiger partial charge in [-0.3, -0.25) is 0 Å². The maximum absolute atomic E-state index is 6.13. The van der Waals surface area contributed by atoms with E-state index in [1.165, 1.54) is 5.56 Å². The molecule has 0 fully saturated rings. The smallest absolute Gasteiger partial charge is 0.138 e. The molecule has 4 heteroatoms. The van der Waals surface area contributed by atoms with Gasteiger partial charge in [0.05, 0.1) is 12.1 Å².